The molecule has 0 aliphatic heterocycles. The van der Waals surface area contributed by atoms with Gasteiger partial charge in [0.15, 0.2) is 0 Å². The standard InChI is InChI=1S/C14H10FIN2/c1-8-10(15)6-9(7-11(8)16)14-17-12-4-2-3-5-13(12)18-14/h2-7H,1H3,(H,17,18). The predicted molar refractivity (Wildman–Crippen MR) is 78.9 cm³/mol. The Labute approximate surface area is 117 Å². The summed E-state index contributed by atoms with van der Waals surface area (Å²) in [6, 6.07) is 11.2. The van der Waals surface area contributed by atoms with E-state index in [2.05, 4.69) is 32.6 Å². The zero-order chi connectivity index (χ0) is 12.7. The Morgan fingerprint density at radius 1 is 1.22 bits per heavy atom. The van der Waals surface area contributed by atoms with Crippen LogP contribution in [0.3, 0.4) is 0 Å². The number of nitrogens with zero attached hydrogens (tertiary/aromatic N) is 1. The highest BCUT2D eigenvalue weighted by atomic mass is 127. The van der Waals surface area contributed by atoms with E-state index in [0.717, 1.165) is 20.2 Å². The molecule has 3 aromatic rings. The number of benzene rings is 2. The number of fused-ring (bicyclic) bond motifs is 1. The number of nitrogens with one attached hydrogen (secondary N) is 1. The molecular formula is C14H10FIN2. The highest BCUT2D eigenvalue weighted by Crippen LogP contribution is 2.25. The molecule has 1 aromatic heterocycles. The molecular weight excluding hydrogens is 342 g/mol. The van der Waals surface area contributed by atoms with E-state index < -0.39 is 0 Å². The highest BCUT2D eigenvalue weighted by molar-refractivity contribution is 14.1. The zero-order valence-corrected chi connectivity index (χ0v) is 11.8. The Morgan fingerprint density at radius 2 is 2.00 bits per heavy atom. The van der Waals surface area contributed by atoms with Crippen molar-refractivity contribution in [2.75, 3.05) is 0 Å². The quantitative estimate of drug-likeness (QED) is 0.651. The van der Waals surface area contributed by atoms with Crippen LogP contribution in [0.25, 0.3) is 22.4 Å². The van der Waals surface area contributed by atoms with Crippen molar-refractivity contribution >= 4 is 33.6 Å². The predicted octanol–water partition coefficient (Wildman–Crippen LogP) is 4.28. The lowest BCUT2D eigenvalue weighted by atomic mass is 10.1. The molecule has 0 atom stereocenters. The Kier molecular flexibility index (Phi) is 2.81. The van der Waals surface area contributed by atoms with Gasteiger partial charge in [-0.25, -0.2) is 9.37 Å². The largest absolute Gasteiger partial charge is 0.338 e. The third-order valence-corrected chi connectivity index (χ3v) is 4.06. The van der Waals surface area contributed by atoms with Crippen LogP contribution in [-0.2, 0) is 0 Å². The molecule has 4 heteroatoms. The van der Waals surface area contributed by atoms with Crippen molar-refractivity contribution in [3.63, 3.8) is 0 Å². The summed E-state index contributed by atoms with van der Waals surface area (Å²) in [4.78, 5) is 7.67. The molecule has 18 heavy (non-hydrogen) atoms. The summed E-state index contributed by atoms with van der Waals surface area (Å²) in [7, 11) is 0. The van der Waals surface area contributed by atoms with Crippen LogP contribution >= 0.6 is 22.6 Å². The minimum atomic E-state index is -0.197. The third kappa shape index (κ3) is 1.90. The molecule has 0 amide bonds. The lowest BCUT2D eigenvalue weighted by molar-refractivity contribution is 0.617. The molecule has 0 aliphatic rings. The van der Waals surface area contributed by atoms with Gasteiger partial charge in [0.1, 0.15) is 11.6 Å². The fraction of sp³-hybridized carbons (Fsp3) is 0.0714. The van der Waals surface area contributed by atoms with Gasteiger partial charge in [-0.2, -0.15) is 0 Å². The van der Waals surface area contributed by atoms with Crippen molar-refractivity contribution < 1.29 is 4.39 Å². The van der Waals surface area contributed by atoms with E-state index in [-0.39, 0.29) is 5.82 Å². The number of aromatic nitrogens is 2. The molecule has 0 unspecified atom stereocenters. The van der Waals surface area contributed by atoms with Crippen LogP contribution in [0.2, 0.25) is 0 Å². The SMILES string of the molecule is Cc1c(F)cc(-c2nc3ccccc3[nH]2)cc1I. The summed E-state index contributed by atoms with van der Waals surface area (Å²) in [5, 5.41) is 0. The number of imidazole rings is 1. The topological polar surface area (TPSA) is 28.7 Å². The fourth-order valence-electron chi connectivity index (χ4n) is 1.87. The number of rotatable bonds is 1. The van der Waals surface area contributed by atoms with Gasteiger partial charge in [-0.3, -0.25) is 0 Å². The molecule has 0 radical (unpaired) electrons. The Balaban J connectivity index is 2.20. The number of para-hydroxylation sites is 2. The van der Waals surface area contributed by atoms with Crippen LogP contribution in [-0.4, -0.2) is 9.97 Å². The van der Waals surface area contributed by atoms with Crippen molar-refractivity contribution in [2.24, 2.45) is 0 Å². The normalized spacial score (nSPS) is 11.1. The monoisotopic (exact) mass is 352 g/mol. The summed E-state index contributed by atoms with van der Waals surface area (Å²) in [6.45, 7) is 1.78. The van der Waals surface area contributed by atoms with Gasteiger partial charge in [0.25, 0.3) is 0 Å². The molecule has 0 saturated heterocycles. The summed E-state index contributed by atoms with van der Waals surface area (Å²) in [5.41, 5.74) is 3.31. The van der Waals surface area contributed by atoms with Gasteiger partial charge in [0, 0.05) is 9.13 Å². The van der Waals surface area contributed by atoms with E-state index in [4.69, 9.17) is 0 Å². The van der Waals surface area contributed by atoms with E-state index >= 15 is 0 Å². The number of aromatic amines is 1. The molecule has 0 aliphatic carbocycles. The van der Waals surface area contributed by atoms with E-state index in [0.29, 0.717) is 11.4 Å². The maximum Gasteiger partial charge on any atom is 0.138 e. The van der Waals surface area contributed by atoms with E-state index in [1.165, 1.54) is 6.07 Å². The molecule has 2 nitrogen and oxygen atoms in total. The second kappa shape index (κ2) is 4.35. The average Bonchev–Trinajstić information content (AvgIpc) is 2.79. The number of H-pyrrole nitrogens is 1. The number of hydrogen-bond donors (Lipinski definition) is 1. The van der Waals surface area contributed by atoms with Crippen LogP contribution in [0.5, 0.6) is 0 Å². The molecule has 90 valence electrons. The molecule has 0 spiro atoms. The second-order valence-corrected chi connectivity index (χ2v) is 5.33. The Morgan fingerprint density at radius 3 is 2.72 bits per heavy atom. The summed E-state index contributed by atoms with van der Waals surface area (Å²) in [6.07, 6.45) is 0. The number of halogens is 2. The summed E-state index contributed by atoms with van der Waals surface area (Å²) in [5.74, 6) is 0.505. The average molecular weight is 352 g/mol. The van der Waals surface area contributed by atoms with E-state index in [9.17, 15) is 4.39 Å². The minimum Gasteiger partial charge on any atom is -0.338 e. The van der Waals surface area contributed by atoms with Crippen molar-refractivity contribution in [1.29, 1.82) is 0 Å². The van der Waals surface area contributed by atoms with Gasteiger partial charge in [0.2, 0.25) is 0 Å². The van der Waals surface area contributed by atoms with Crippen LogP contribution in [0.4, 0.5) is 4.39 Å². The van der Waals surface area contributed by atoms with Crippen molar-refractivity contribution in [2.45, 2.75) is 6.92 Å². The van der Waals surface area contributed by atoms with Crippen LogP contribution in [0, 0.1) is 16.3 Å². The maximum atomic E-state index is 13.7. The fourth-order valence-corrected chi connectivity index (χ4v) is 2.46. The van der Waals surface area contributed by atoms with Gasteiger partial charge in [-0.1, -0.05) is 12.1 Å². The second-order valence-electron chi connectivity index (χ2n) is 4.17. The molecule has 1 N–H and O–H groups in total. The molecule has 1 heterocycles. The number of hydrogen-bond acceptors (Lipinski definition) is 1. The first-order valence-electron chi connectivity index (χ1n) is 5.56. The lowest BCUT2D eigenvalue weighted by Gasteiger charge is -2.03. The first-order chi connectivity index (χ1) is 8.65. The van der Waals surface area contributed by atoms with Crippen LogP contribution in [0.1, 0.15) is 5.56 Å². The first-order valence-corrected chi connectivity index (χ1v) is 6.64. The summed E-state index contributed by atoms with van der Waals surface area (Å²) < 4.78 is 14.6. The van der Waals surface area contributed by atoms with Gasteiger partial charge in [-0.15, -0.1) is 0 Å². The van der Waals surface area contributed by atoms with E-state index in [1.54, 1.807) is 6.92 Å². The minimum absolute atomic E-state index is 0.197. The Bertz CT molecular complexity index is 677. The molecule has 2 aromatic carbocycles. The van der Waals surface area contributed by atoms with Gasteiger partial charge < -0.3 is 4.98 Å². The molecule has 0 bridgehead atoms. The third-order valence-electron chi connectivity index (χ3n) is 2.94. The first kappa shape index (κ1) is 11.6. The molecule has 3 rings (SSSR count). The van der Waals surface area contributed by atoms with Crippen LogP contribution in [0.15, 0.2) is 36.4 Å². The molecule has 0 fully saturated rings. The van der Waals surface area contributed by atoms with Gasteiger partial charge in [0.05, 0.1) is 11.0 Å². The highest BCUT2D eigenvalue weighted by Gasteiger charge is 2.09. The van der Waals surface area contributed by atoms with Crippen LogP contribution < -0.4 is 0 Å². The lowest BCUT2D eigenvalue weighted by Crippen LogP contribution is -1.90. The van der Waals surface area contributed by atoms with Crippen molar-refractivity contribution in [3.8, 4) is 11.4 Å². The van der Waals surface area contributed by atoms with E-state index in [1.807, 2.05) is 30.3 Å². The van der Waals surface area contributed by atoms with Gasteiger partial charge >= 0.3 is 0 Å². The molecule has 0 saturated carbocycles. The summed E-state index contributed by atoms with van der Waals surface area (Å²) >= 11 is 2.14. The van der Waals surface area contributed by atoms with Crippen molar-refractivity contribution in [3.05, 3.63) is 51.3 Å². The zero-order valence-electron chi connectivity index (χ0n) is 9.67. The smallest absolute Gasteiger partial charge is 0.138 e. The maximum absolute atomic E-state index is 13.7. The van der Waals surface area contributed by atoms with Crippen molar-refractivity contribution in [1.82, 2.24) is 9.97 Å². The van der Waals surface area contributed by atoms with Gasteiger partial charge in [-0.05, 0) is 59.3 Å². The Hall–Kier alpha value is -1.43.